The number of hydrogen-bond donors (Lipinski definition) is 1. The first-order chi connectivity index (χ1) is 14.0. The molecule has 1 amide bonds. The Hall–Kier alpha value is -2.67. The maximum atomic E-state index is 12.7. The van der Waals surface area contributed by atoms with E-state index >= 15 is 0 Å². The van der Waals surface area contributed by atoms with E-state index in [1.807, 2.05) is 36.4 Å². The Morgan fingerprint density at radius 3 is 2.86 bits per heavy atom. The van der Waals surface area contributed by atoms with Crippen LogP contribution in [0.25, 0.3) is 5.65 Å². The highest BCUT2D eigenvalue weighted by molar-refractivity contribution is 6.31. The summed E-state index contributed by atoms with van der Waals surface area (Å²) in [5.74, 6) is 1.91. The zero-order valence-corrected chi connectivity index (χ0v) is 17.4. The number of piperidine rings is 1. The second-order valence-electron chi connectivity index (χ2n) is 7.77. The minimum absolute atomic E-state index is 0.0582. The molecule has 7 nitrogen and oxygen atoms in total. The summed E-state index contributed by atoms with van der Waals surface area (Å²) in [7, 11) is 0. The number of fused-ring (bicyclic) bond motifs is 1. The Balaban J connectivity index is 1.45. The van der Waals surface area contributed by atoms with Gasteiger partial charge in [0.2, 0.25) is 5.91 Å². The summed E-state index contributed by atoms with van der Waals surface area (Å²) < 4.78 is 1.81. The Bertz CT molecular complexity index is 1020. The minimum Gasteiger partial charge on any atom is -0.354 e. The van der Waals surface area contributed by atoms with Gasteiger partial charge in [-0.05, 0) is 36.6 Å². The molecule has 152 valence electrons. The fourth-order valence-corrected chi connectivity index (χ4v) is 3.89. The molecular weight excluding hydrogens is 388 g/mol. The molecule has 1 saturated heterocycles. The van der Waals surface area contributed by atoms with Gasteiger partial charge >= 0.3 is 0 Å². The Kier molecular flexibility index (Phi) is 5.67. The van der Waals surface area contributed by atoms with Crippen LogP contribution in [-0.2, 0) is 11.3 Å². The molecule has 0 aliphatic carbocycles. The van der Waals surface area contributed by atoms with Gasteiger partial charge in [0.05, 0.1) is 5.92 Å². The monoisotopic (exact) mass is 412 g/mol. The zero-order chi connectivity index (χ0) is 20.4. The summed E-state index contributed by atoms with van der Waals surface area (Å²) in [5, 5.41) is 16.9. The minimum atomic E-state index is -0.0748. The molecule has 0 spiro atoms. The predicted octanol–water partition coefficient (Wildman–Crippen LogP) is 3.43. The fourth-order valence-electron chi connectivity index (χ4n) is 3.69. The van der Waals surface area contributed by atoms with Crippen LogP contribution >= 0.6 is 11.6 Å². The fraction of sp³-hybridized carbons (Fsp3) is 0.429. The van der Waals surface area contributed by atoms with Gasteiger partial charge in [-0.2, -0.15) is 4.52 Å². The van der Waals surface area contributed by atoms with Gasteiger partial charge in [-0.25, -0.2) is 0 Å². The molecule has 1 aliphatic rings. The molecule has 1 aliphatic heterocycles. The van der Waals surface area contributed by atoms with E-state index in [0.717, 1.165) is 42.2 Å². The summed E-state index contributed by atoms with van der Waals surface area (Å²) in [6.07, 6.45) is 1.82. The normalized spacial score (nSPS) is 17.1. The molecule has 3 aromatic rings. The number of anilines is 1. The third-order valence-corrected chi connectivity index (χ3v) is 5.69. The number of aromatic nitrogens is 4. The SMILES string of the molecule is CC(C)c1nnc2ccc(N3CCC[C@@H](C(=O)NCc4ccccc4Cl)C3)nn12. The van der Waals surface area contributed by atoms with Gasteiger partial charge < -0.3 is 10.2 Å². The van der Waals surface area contributed by atoms with Crippen molar-refractivity contribution in [2.24, 2.45) is 5.92 Å². The van der Waals surface area contributed by atoms with E-state index in [1.165, 1.54) is 0 Å². The van der Waals surface area contributed by atoms with E-state index < -0.39 is 0 Å². The van der Waals surface area contributed by atoms with Crippen molar-refractivity contribution in [3.8, 4) is 0 Å². The average Bonchev–Trinajstić information content (AvgIpc) is 3.16. The van der Waals surface area contributed by atoms with Crippen LogP contribution in [0.4, 0.5) is 5.82 Å². The van der Waals surface area contributed by atoms with Gasteiger partial charge in [0.15, 0.2) is 11.5 Å². The van der Waals surface area contributed by atoms with Gasteiger partial charge in [0.1, 0.15) is 5.82 Å². The van der Waals surface area contributed by atoms with Crippen LogP contribution in [-0.4, -0.2) is 38.8 Å². The second kappa shape index (κ2) is 8.37. The number of halogens is 1. The molecule has 3 heterocycles. The van der Waals surface area contributed by atoms with Crippen molar-refractivity contribution in [1.82, 2.24) is 25.1 Å². The van der Waals surface area contributed by atoms with Crippen LogP contribution in [0.5, 0.6) is 0 Å². The van der Waals surface area contributed by atoms with Crippen LogP contribution in [0, 0.1) is 5.92 Å². The van der Waals surface area contributed by atoms with E-state index in [2.05, 4.69) is 34.3 Å². The maximum absolute atomic E-state index is 12.7. The van der Waals surface area contributed by atoms with Crippen molar-refractivity contribution in [1.29, 1.82) is 0 Å². The van der Waals surface area contributed by atoms with Crippen molar-refractivity contribution in [3.63, 3.8) is 0 Å². The van der Waals surface area contributed by atoms with E-state index in [1.54, 1.807) is 4.52 Å². The first kappa shape index (κ1) is 19.6. The summed E-state index contributed by atoms with van der Waals surface area (Å²) in [4.78, 5) is 14.9. The number of carbonyl (C=O) groups is 1. The van der Waals surface area contributed by atoms with Gasteiger partial charge in [-0.15, -0.1) is 15.3 Å². The lowest BCUT2D eigenvalue weighted by molar-refractivity contribution is -0.125. The van der Waals surface area contributed by atoms with Gasteiger partial charge in [0.25, 0.3) is 0 Å². The molecule has 1 aromatic carbocycles. The maximum Gasteiger partial charge on any atom is 0.225 e. The lowest BCUT2D eigenvalue weighted by Gasteiger charge is -2.32. The molecule has 0 saturated carbocycles. The first-order valence-corrected chi connectivity index (χ1v) is 10.4. The molecule has 1 N–H and O–H groups in total. The molecular formula is C21H25ClN6O. The van der Waals surface area contributed by atoms with Crippen molar-refractivity contribution in [2.45, 2.75) is 39.2 Å². The molecule has 0 radical (unpaired) electrons. The number of rotatable bonds is 5. The summed E-state index contributed by atoms with van der Waals surface area (Å²) in [6.45, 7) is 6.12. The number of benzene rings is 1. The lowest BCUT2D eigenvalue weighted by atomic mass is 9.97. The molecule has 29 heavy (non-hydrogen) atoms. The molecule has 0 bridgehead atoms. The highest BCUT2D eigenvalue weighted by Gasteiger charge is 2.27. The molecule has 1 fully saturated rings. The van der Waals surface area contributed by atoms with Crippen molar-refractivity contribution < 1.29 is 4.79 Å². The highest BCUT2D eigenvalue weighted by atomic mass is 35.5. The molecule has 8 heteroatoms. The standard InChI is InChI=1S/C21H25ClN6O/c1-14(2)20-25-24-18-9-10-19(26-28(18)20)27-11-5-7-16(13-27)21(29)23-12-15-6-3-4-8-17(15)22/h3-4,6,8-10,14,16H,5,7,11-13H2,1-2H3,(H,23,29)/t16-/m1/s1. The largest absolute Gasteiger partial charge is 0.354 e. The van der Waals surface area contributed by atoms with Crippen LogP contribution < -0.4 is 10.2 Å². The summed E-state index contributed by atoms with van der Waals surface area (Å²) in [6, 6.07) is 11.5. The van der Waals surface area contributed by atoms with Crippen molar-refractivity contribution in [2.75, 3.05) is 18.0 Å². The zero-order valence-electron chi connectivity index (χ0n) is 16.7. The quantitative estimate of drug-likeness (QED) is 0.694. The Morgan fingerprint density at radius 1 is 1.24 bits per heavy atom. The van der Waals surface area contributed by atoms with Crippen LogP contribution in [0.15, 0.2) is 36.4 Å². The number of amides is 1. The Morgan fingerprint density at radius 2 is 2.07 bits per heavy atom. The van der Waals surface area contributed by atoms with E-state index in [0.29, 0.717) is 18.1 Å². The molecule has 1 atom stereocenters. The topological polar surface area (TPSA) is 75.4 Å². The van der Waals surface area contributed by atoms with E-state index in [9.17, 15) is 4.79 Å². The molecule has 0 unspecified atom stereocenters. The number of carbonyl (C=O) groups excluding carboxylic acids is 1. The third-order valence-electron chi connectivity index (χ3n) is 5.32. The summed E-state index contributed by atoms with van der Waals surface area (Å²) >= 11 is 6.19. The smallest absolute Gasteiger partial charge is 0.225 e. The average molecular weight is 413 g/mol. The molecule has 2 aromatic heterocycles. The Labute approximate surface area is 175 Å². The number of hydrogen-bond acceptors (Lipinski definition) is 5. The van der Waals surface area contributed by atoms with Crippen LogP contribution in [0.2, 0.25) is 5.02 Å². The predicted molar refractivity (Wildman–Crippen MR) is 113 cm³/mol. The highest BCUT2D eigenvalue weighted by Crippen LogP contribution is 2.23. The van der Waals surface area contributed by atoms with Gasteiger partial charge in [-0.3, -0.25) is 4.79 Å². The summed E-state index contributed by atoms with van der Waals surface area (Å²) in [5.41, 5.74) is 1.67. The van der Waals surface area contributed by atoms with E-state index in [-0.39, 0.29) is 17.7 Å². The lowest BCUT2D eigenvalue weighted by Crippen LogP contribution is -2.43. The van der Waals surface area contributed by atoms with Crippen molar-refractivity contribution >= 4 is 29.0 Å². The van der Waals surface area contributed by atoms with Gasteiger partial charge in [0, 0.05) is 30.6 Å². The second-order valence-corrected chi connectivity index (χ2v) is 8.18. The number of nitrogens with zero attached hydrogens (tertiary/aromatic N) is 5. The van der Waals surface area contributed by atoms with Gasteiger partial charge in [-0.1, -0.05) is 43.6 Å². The third kappa shape index (κ3) is 4.19. The number of nitrogens with one attached hydrogen (secondary N) is 1. The van der Waals surface area contributed by atoms with Crippen LogP contribution in [0.3, 0.4) is 0 Å². The van der Waals surface area contributed by atoms with E-state index in [4.69, 9.17) is 16.7 Å². The first-order valence-electron chi connectivity index (χ1n) is 10.0. The molecule has 4 rings (SSSR count). The van der Waals surface area contributed by atoms with Crippen molar-refractivity contribution in [3.05, 3.63) is 52.8 Å². The van der Waals surface area contributed by atoms with Crippen LogP contribution in [0.1, 0.15) is 44.0 Å².